The highest BCUT2D eigenvalue weighted by Gasteiger charge is 2.19. The molecule has 0 bridgehead atoms. The zero-order chi connectivity index (χ0) is 10.2. The van der Waals surface area contributed by atoms with E-state index in [2.05, 4.69) is 6.26 Å². The number of thioether (sulfide) groups is 1. The van der Waals surface area contributed by atoms with Crippen LogP contribution in [0.3, 0.4) is 0 Å². The van der Waals surface area contributed by atoms with Crippen LogP contribution in [0.25, 0.3) is 0 Å². The van der Waals surface area contributed by atoms with Gasteiger partial charge in [-0.2, -0.15) is 11.8 Å². The van der Waals surface area contributed by atoms with Crippen LogP contribution in [0, 0.1) is 5.92 Å². The van der Waals surface area contributed by atoms with Crippen molar-refractivity contribution in [3.05, 3.63) is 0 Å². The number of hydrogen-bond donors (Lipinski definition) is 1. The Morgan fingerprint density at radius 2 is 1.86 bits per heavy atom. The minimum atomic E-state index is -0.0137. The van der Waals surface area contributed by atoms with Gasteiger partial charge in [0.2, 0.25) is 0 Å². The van der Waals surface area contributed by atoms with Crippen molar-refractivity contribution in [2.24, 2.45) is 5.92 Å². The van der Waals surface area contributed by atoms with Gasteiger partial charge in [0.1, 0.15) is 0 Å². The molecule has 0 heterocycles. The molecule has 0 spiro atoms. The number of hydrogen-bond acceptors (Lipinski definition) is 2. The summed E-state index contributed by atoms with van der Waals surface area (Å²) in [4.78, 5) is 0. The molecule has 0 aromatic rings. The Hall–Kier alpha value is 0.310. The van der Waals surface area contributed by atoms with Crippen LogP contribution in [-0.4, -0.2) is 23.2 Å². The predicted octanol–water partition coefficient (Wildman–Crippen LogP) is 3.46. The fourth-order valence-corrected chi connectivity index (χ4v) is 2.82. The fraction of sp³-hybridized carbons (Fsp3) is 1.00. The largest absolute Gasteiger partial charge is 0.393 e. The Bertz CT molecular complexity index is 130. The first-order valence-electron chi connectivity index (χ1n) is 6.01. The van der Waals surface area contributed by atoms with Gasteiger partial charge in [-0.05, 0) is 43.6 Å². The quantitative estimate of drug-likeness (QED) is 0.561. The van der Waals surface area contributed by atoms with Gasteiger partial charge in [0, 0.05) is 0 Å². The lowest BCUT2D eigenvalue weighted by Gasteiger charge is -2.20. The van der Waals surface area contributed by atoms with Crippen molar-refractivity contribution in [2.75, 3.05) is 12.0 Å². The van der Waals surface area contributed by atoms with E-state index in [1.165, 1.54) is 50.7 Å². The van der Waals surface area contributed by atoms with Crippen molar-refractivity contribution in [1.29, 1.82) is 0 Å². The number of aliphatic hydroxyl groups is 1. The lowest BCUT2D eigenvalue weighted by Crippen LogP contribution is -2.20. The molecule has 14 heavy (non-hydrogen) atoms. The Morgan fingerprint density at radius 1 is 1.21 bits per heavy atom. The molecule has 1 N–H and O–H groups in total. The van der Waals surface area contributed by atoms with E-state index in [0.717, 1.165) is 6.42 Å². The Labute approximate surface area is 92.7 Å². The van der Waals surface area contributed by atoms with Crippen molar-refractivity contribution in [1.82, 2.24) is 0 Å². The smallest absolute Gasteiger partial charge is 0.0568 e. The van der Waals surface area contributed by atoms with Crippen LogP contribution in [0.4, 0.5) is 0 Å². The molecular weight excluding hydrogens is 192 g/mol. The monoisotopic (exact) mass is 216 g/mol. The number of rotatable bonds is 5. The van der Waals surface area contributed by atoms with Crippen LogP contribution in [-0.2, 0) is 0 Å². The fourth-order valence-electron chi connectivity index (χ4n) is 2.37. The third-order valence-electron chi connectivity index (χ3n) is 3.29. The Kier molecular flexibility index (Phi) is 6.70. The molecule has 1 saturated carbocycles. The van der Waals surface area contributed by atoms with Gasteiger partial charge in [-0.15, -0.1) is 0 Å². The number of aliphatic hydroxyl groups excluding tert-OH is 1. The zero-order valence-electron chi connectivity index (χ0n) is 9.37. The van der Waals surface area contributed by atoms with Crippen LogP contribution >= 0.6 is 11.8 Å². The molecule has 1 nitrogen and oxygen atoms in total. The molecule has 1 unspecified atom stereocenters. The maximum Gasteiger partial charge on any atom is 0.0568 e. The average Bonchev–Trinajstić information content (AvgIpc) is 2.46. The summed E-state index contributed by atoms with van der Waals surface area (Å²) < 4.78 is 0. The lowest BCUT2D eigenvalue weighted by atomic mass is 9.91. The van der Waals surface area contributed by atoms with E-state index in [1.54, 1.807) is 0 Å². The molecule has 1 atom stereocenters. The molecule has 84 valence electrons. The van der Waals surface area contributed by atoms with Crippen LogP contribution in [0.2, 0.25) is 0 Å². The maximum atomic E-state index is 10.0. The highest BCUT2D eigenvalue weighted by atomic mass is 32.2. The van der Waals surface area contributed by atoms with E-state index in [4.69, 9.17) is 0 Å². The van der Waals surface area contributed by atoms with E-state index < -0.39 is 0 Å². The molecular formula is C12H24OS. The molecule has 1 fully saturated rings. The molecule has 0 aromatic heterocycles. The van der Waals surface area contributed by atoms with E-state index in [9.17, 15) is 5.11 Å². The van der Waals surface area contributed by atoms with E-state index in [-0.39, 0.29) is 6.10 Å². The summed E-state index contributed by atoms with van der Waals surface area (Å²) in [7, 11) is 0. The zero-order valence-corrected chi connectivity index (χ0v) is 10.2. The van der Waals surface area contributed by atoms with Gasteiger partial charge in [-0.1, -0.05) is 25.7 Å². The second-order valence-electron chi connectivity index (χ2n) is 4.45. The first kappa shape index (κ1) is 12.4. The molecule has 0 aromatic carbocycles. The molecule has 1 aliphatic rings. The first-order chi connectivity index (χ1) is 6.84. The van der Waals surface area contributed by atoms with Crippen molar-refractivity contribution in [3.63, 3.8) is 0 Å². The van der Waals surface area contributed by atoms with Gasteiger partial charge < -0.3 is 5.11 Å². The lowest BCUT2D eigenvalue weighted by molar-refractivity contribution is 0.0897. The van der Waals surface area contributed by atoms with Crippen molar-refractivity contribution >= 4 is 11.8 Å². The van der Waals surface area contributed by atoms with Crippen LogP contribution < -0.4 is 0 Å². The highest BCUT2D eigenvalue weighted by Crippen LogP contribution is 2.27. The van der Waals surface area contributed by atoms with E-state index in [0.29, 0.717) is 5.92 Å². The molecule has 0 radical (unpaired) electrons. The predicted molar refractivity (Wildman–Crippen MR) is 64.8 cm³/mol. The summed E-state index contributed by atoms with van der Waals surface area (Å²) in [6.45, 7) is 0. The Morgan fingerprint density at radius 3 is 2.43 bits per heavy atom. The summed E-state index contributed by atoms with van der Waals surface area (Å²) >= 11 is 1.88. The maximum absolute atomic E-state index is 10.0. The minimum Gasteiger partial charge on any atom is -0.393 e. The summed E-state index contributed by atoms with van der Waals surface area (Å²) in [6, 6.07) is 0. The van der Waals surface area contributed by atoms with Gasteiger partial charge in [-0.25, -0.2) is 0 Å². The molecule has 1 aliphatic carbocycles. The van der Waals surface area contributed by atoms with E-state index >= 15 is 0 Å². The standard InChI is InChI=1S/C12H24OS/c1-14-10-6-9-12(13)11-7-4-2-3-5-8-11/h11-13H,2-10H2,1H3. The first-order valence-corrected chi connectivity index (χ1v) is 7.41. The van der Waals surface area contributed by atoms with Crippen molar-refractivity contribution < 1.29 is 5.11 Å². The van der Waals surface area contributed by atoms with E-state index in [1.807, 2.05) is 11.8 Å². The summed E-state index contributed by atoms with van der Waals surface area (Å²) in [5, 5.41) is 10.0. The third-order valence-corrected chi connectivity index (χ3v) is 3.99. The topological polar surface area (TPSA) is 20.2 Å². The Balaban J connectivity index is 2.16. The van der Waals surface area contributed by atoms with Gasteiger partial charge in [-0.3, -0.25) is 0 Å². The van der Waals surface area contributed by atoms with Gasteiger partial charge in [0.15, 0.2) is 0 Å². The summed E-state index contributed by atoms with van der Waals surface area (Å²) in [5.41, 5.74) is 0. The highest BCUT2D eigenvalue weighted by molar-refractivity contribution is 7.98. The van der Waals surface area contributed by atoms with Crippen molar-refractivity contribution in [2.45, 2.75) is 57.5 Å². The molecule has 1 rings (SSSR count). The van der Waals surface area contributed by atoms with Crippen LogP contribution in [0.1, 0.15) is 51.4 Å². The molecule has 0 aliphatic heterocycles. The summed E-state index contributed by atoms with van der Waals surface area (Å²) in [5.74, 6) is 1.81. The minimum absolute atomic E-state index is 0.0137. The normalized spacial score (nSPS) is 21.9. The third kappa shape index (κ3) is 4.70. The van der Waals surface area contributed by atoms with Gasteiger partial charge in [0.05, 0.1) is 6.10 Å². The van der Waals surface area contributed by atoms with Crippen LogP contribution in [0.15, 0.2) is 0 Å². The van der Waals surface area contributed by atoms with Crippen molar-refractivity contribution in [3.8, 4) is 0 Å². The SMILES string of the molecule is CSCCCC(O)C1CCCCCC1. The average molecular weight is 216 g/mol. The second-order valence-corrected chi connectivity index (χ2v) is 5.44. The second kappa shape index (κ2) is 7.58. The molecule has 0 saturated heterocycles. The van der Waals surface area contributed by atoms with Gasteiger partial charge in [0.25, 0.3) is 0 Å². The summed E-state index contributed by atoms with van der Waals surface area (Å²) in [6.07, 6.45) is 12.3. The van der Waals surface area contributed by atoms with Gasteiger partial charge >= 0.3 is 0 Å². The van der Waals surface area contributed by atoms with Crippen LogP contribution in [0.5, 0.6) is 0 Å². The molecule has 2 heteroatoms. The molecule has 0 amide bonds.